The molecule has 22 heavy (non-hydrogen) atoms. The third kappa shape index (κ3) is 3.17. The van der Waals surface area contributed by atoms with Gasteiger partial charge in [-0.1, -0.05) is 13.0 Å². The van der Waals surface area contributed by atoms with E-state index >= 15 is 0 Å². The molecule has 1 atom stereocenters. The molecule has 0 spiro atoms. The minimum absolute atomic E-state index is 0.0150. The number of carbonyl (C=O) groups excluding carboxylic acids is 1. The van der Waals surface area contributed by atoms with Crippen molar-refractivity contribution in [1.82, 2.24) is 4.31 Å². The van der Waals surface area contributed by atoms with Gasteiger partial charge in [-0.3, -0.25) is 4.79 Å². The van der Waals surface area contributed by atoms with Crippen LogP contribution < -0.4 is 5.32 Å². The second-order valence-corrected chi connectivity index (χ2v) is 8.19. The molecule has 1 N–H and O–H groups in total. The fraction of sp³-hybridized carbons (Fsp3) is 0.562. The zero-order valence-corrected chi connectivity index (χ0v) is 13.6. The Kier molecular flexibility index (Phi) is 4.23. The first-order valence-corrected chi connectivity index (χ1v) is 9.33. The molecule has 1 aliphatic carbocycles. The third-order valence-electron chi connectivity index (χ3n) is 4.55. The number of nitrogens with one attached hydrogen (secondary N) is 1. The summed E-state index contributed by atoms with van der Waals surface area (Å²) in [7, 11) is -3.44. The van der Waals surface area contributed by atoms with Crippen molar-refractivity contribution in [3.8, 4) is 0 Å². The van der Waals surface area contributed by atoms with Crippen LogP contribution in [0.25, 0.3) is 0 Å². The molecule has 0 aromatic heterocycles. The fourth-order valence-corrected chi connectivity index (χ4v) is 4.44. The molecule has 0 radical (unpaired) electrons. The molecule has 6 heteroatoms. The van der Waals surface area contributed by atoms with Crippen LogP contribution in [0.5, 0.6) is 0 Å². The van der Waals surface area contributed by atoms with Crippen LogP contribution in [0.2, 0.25) is 0 Å². The van der Waals surface area contributed by atoms with Gasteiger partial charge in [0.25, 0.3) is 0 Å². The number of carbonyl (C=O) groups is 1. The van der Waals surface area contributed by atoms with E-state index in [1.165, 1.54) is 4.31 Å². The molecule has 1 unspecified atom stereocenters. The fourth-order valence-electron chi connectivity index (χ4n) is 2.88. The highest BCUT2D eigenvalue weighted by molar-refractivity contribution is 7.89. The van der Waals surface area contributed by atoms with E-state index in [4.69, 9.17) is 0 Å². The molecule has 3 rings (SSSR count). The summed E-state index contributed by atoms with van der Waals surface area (Å²) < 4.78 is 26.6. The number of anilines is 1. The first kappa shape index (κ1) is 15.5. The van der Waals surface area contributed by atoms with Crippen molar-refractivity contribution in [3.05, 3.63) is 24.3 Å². The smallest absolute Gasteiger partial charge is 0.243 e. The Hall–Kier alpha value is -1.40. The Morgan fingerprint density at radius 2 is 1.95 bits per heavy atom. The average Bonchev–Trinajstić information content (AvgIpc) is 3.20. The van der Waals surface area contributed by atoms with Crippen molar-refractivity contribution in [2.24, 2.45) is 11.8 Å². The molecule has 1 aromatic carbocycles. The lowest BCUT2D eigenvalue weighted by Gasteiger charge is -2.16. The molecule has 2 aliphatic rings. The van der Waals surface area contributed by atoms with Crippen LogP contribution in [0.15, 0.2) is 29.2 Å². The van der Waals surface area contributed by atoms with Crippen molar-refractivity contribution in [1.29, 1.82) is 0 Å². The van der Waals surface area contributed by atoms with E-state index in [1.807, 2.05) is 6.92 Å². The summed E-state index contributed by atoms with van der Waals surface area (Å²) in [6, 6.07) is 6.57. The van der Waals surface area contributed by atoms with Crippen LogP contribution in [0.3, 0.4) is 0 Å². The standard InChI is InChI=1S/C16H22N2O3S/c1-12(13-7-8-13)16(19)17-14-5-4-6-15(11-14)22(20,21)18-9-2-3-10-18/h4-6,11-13H,2-3,7-10H2,1H3,(H,17,19). The zero-order valence-electron chi connectivity index (χ0n) is 12.8. The van der Waals surface area contributed by atoms with Gasteiger partial charge in [-0.2, -0.15) is 4.31 Å². The maximum Gasteiger partial charge on any atom is 0.243 e. The molecule has 1 heterocycles. The number of benzene rings is 1. The number of hydrogen-bond acceptors (Lipinski definition) is 3. The predicted octanol–water partition coefficient (Wildman–Crippen LogP) is 2.46. The summed E-state index contributed by atoms with van der Waals surface area (Å²) in [6.45, 7) is 3.09. The Balaban J connectivity index is 1.76. The largest absolute Gasteiger partial charge is 0.326 e. The van der Waals surface area contributed by atoms with Crippen molar-refractivity contribution < 1.29 is 13.2 Å². The van der Waals surface area contributed by atoms with Crippen molar-refractivity contribution in [2.75, 3.05) is 18.4 Å². The number of rotatable bonds is 5. The molecule has 1 aliphatic heterocycles. The third-order valence-corrected chi connectivity index (χ3v) is 6.44. The molecule has 1 aromatic rings. The SMILES string of the molecule is CC(C(=O)Nc1cccc(S(=O)(=O)N2CCCC2)c1)C1CC1. The van der Waals surface area contributed by atoms with Gasteiger partial charge >= 0.3 is 0 Å². The van der Waals surface area contributed by atoms with Crippen LogP contribution in [0, 0.1) is 11.8 Å². The van der Waals surface area contributed by atoms with E-state index in [0.29, 0.717) is 24.7 Å². The van der Waals surface area contributed by atoms with E-state index < -0.39 is 10.0 Å². The number of hydrogen-bond donors (Lipinski definition) is 1. The summed E-state index contributed by atoms with van der Waals surface area (Å²) in [5.41, 5.74) is 0.553. The Morgan fingerprint density at radius 3 is 2.59 bits per heavy atom. The van der Waals surface area contributed by atoms with Gasteiger partial charge in [0.1, 0.15) is 0 Å². The highest BCUT2D eigenvalue weighted by atomic mass is 32.2. The molecule has 5 nitrogen and oxygen atoms in total. The summed E-state index contributed by atoms with van der Waals surface area (Å²) in [6.07, 6.45) is 4.04. The number of nitrogens with zero attached hydrogens (tertiary/aromatic N) is 1. The molecule has 1 saturated heterocycles. The Bertz CT molecular complexity index is 662. The van der Waals surface area contributed by atoms with E-state index in [0.717, 1.165) is 25.7 Å². The summed E-state index contributed by atoms with van der Waals surface area (Å²) >= 11 is 0. The molecular formula is C16H22N2O3S. The van der Waals surface area contributed by atoms with Gasteiger partial charge in [0.15, 0.2) is 0 Å². The minimum Gasteiger partial charge on any atom is -0.326 e. The average molecular weight is 322 g/mol. The van der Waals surface area contributed by atoms with Gasteiger partial charge in [0, 0.05) is 24.7 Å². The quantitative estimate of drug-likeness (QED) is 0.905. The van der Waals surface area contributed by atoms with Gasteiger partial charge < -0.3 is 5.32 Å². The highest BCUT2D eigenvalue weighted by Gasteiger charge is 2.33. The molecule has 2 fully saturated rings. The van der Waals surface area contributed by atoms with Gasteiger partial charge in [0.2, 0.25) is 15.9 Å². The normalized spacial score (nSPS) is 20.8. The van der Waals surface area contributed by atoms with E-state index in [9.17, 15) is 13.2 Å². The zero-order chi connectivity index (χ0) is 15.7. The van der Waals surface area contributed by atoms with Crippen LogP contribution in [-0.2, 0) is 14.8 Å². The van der Waals surface area contributed by atoms with E-state index in [2.05, 4.69) is 5.32 Å². The second kappa shape index (κ2) is 6.01. The second-order valence-electron chi connectivity index (χ2n) is 6.25. The van der Waals surface area contributed by atoms with E-state index in [-0.39, 0.29) is 16.7 Å². The lowest BCUT2D eigenvalue weighted by atomic mass is 10.1. The minimum atomic E-state index is -3.44. The van der Waals surface area contributed by atoms with Gasteiger partial charge in [0.05, 0.1) is 4.90 Å². The molecule has 0 bridgehead atoms. The first-order valence-electron chi connectivity index (χ1n) is 7.89. The maximum atomic E-state index is 12.5. The predicted molar refractivity (Wildman–Crippen MR) is 85.0 cm³/mol. The molecule has 120 valence electrons. The van der Waals surface area contributed by atoms with Gasteiger partial charge in [-0.05, 0) is 49.8 Å². The number of amides is 1. The van der Waals surface area contributed by atoms with Crippen LogP contribution in [-0.4, -0.2) is 31.7 Å². The van der Waals surface area contributed by atoms with Gasteiger partial charge in [-0.15, -0.1) is 0 Å². The monoisotopic (exact) mass is 322 g/mol. The Morgan fingerprint density at radius 1 is 1.27 bits per heavy atom. The van der Waals surface area contributed by atoms with Crippen LogP contribution >= 0.6 is 0 Å². The lowest BCUT2D eigenvalue weighted by Crippen LogP contribution is -2.28. The molecule has 1 amide bonds. The first-order chi connectivity index (χ1) is 10.5. The van der Waals surface area contributed by atoms with Crippen molar-refractivity contribution in [3.63, 3.8) is 0 Å². The Labute approximate surface area is 131 Å². The van der Waals surface area contributed by atoms with Crippen LogP contribution in [0.4, 0.5) is 5.69 Å². The van der Waals surface area contributed by atoms with Gasteiger partial charge in [-0.25, -0.2) is 8.42 Å². The highest BCUT2D eigenvalue weighted by Crippen LogP contribution is 2.37. The van der Waals surface area contributed by atoms with Crippen molar-refractivity contribution in [2.45, 2.75) is 37.5 Å². The lowest BCUT2D eigenvalue weighted by molar-refractivity contribution is -0.119. The summed E-state index contributed by atoms with van der Waals surface area (Å²) in [5.74, 6) is 0.439. The molecular weight excluding hydrogens is 300 g/mol. The molecule has 1 saturated carbocycles. The number of sulfonamides is 1. The van der Waals surface area contributed by atoms with Crippen LogP contribution in [0.1, 0.15) is 32.6 Å². The summed E-state index contributed by atoms with van der Waals surface area (Å²) in [4.78, 5) is 12.4. The maximum absolute atomic E-state index is 12.5. The summed E-state index contributed by atoms with van der Waals surface area (Å²) in [5, 5.41) is 2.84. The topological polar surface area (TPSA) is 66.5 Å². The van der Waals surface area contributed by atoms with Crippen molar-refractivity contribution >= 4 is 21.6 Å². The van der Waals surface area contributed by atoms with E-state index in [1.54, 1.807) is 24.3 Å².